The van der Waals surface area contributed by atoms with Crippen molar-refractivity contribution in [1.29, 1.82) is 0 Å². The molecule has 1 heterocycles. The Balaban J connectivity index is 2.06. The number of allylic oxidation sites excluding steroid dienone is 1. The average Bonchev–Trinajstić information content (AvgIpc) is 3.08. The number of fused-ring (bicyclic) bond motifs is 1. The summed E-state index contributed by atoms with van der Waals surface area (Å²) < 4.78 is 0.767. The van der Waals surface area contributed by atoms with Crippen molar-refractivity contribution in [2.24, 2.45) is 4.99 Å². The quantitative estimate of drug-likeness (QED) is 0.678. The Morgan fingerprint density at radius 1 is 1.20 bits per heavy atom. The minimum absolute atomic E-state index is 0.597. The molecule has 0 saturated heterocycles. The fourth-order valence-electron chi connectivity index (χ4n) is 3.44. The van der Waals surface area contributed by atoms with Crippen LogP contribution in [0.2, 0.25) is 0 Å². The number of hydrogen-bond acceptors (Lipinski definition) is 1. The summed E-state index contributed by atoms with van der Waals surface area (Å²) in [4.78, 5) is 4.36. The molecule has 0 saturated carbocycles. The van der Waals surface area contributed by atoms with Gasteiger partial charge in [-0.25, -0.2) is 9.48 Å². The first-order chi connectivity index (χ1) is 9.80. The summed E-state index contributed by atoms with van der Waals surface area (Å²) in [6.45, 7) is 5.57. The van der Waals surface area contributed by atoms with Crippen LogP contribution in [0, 0.1) is 0 Å². The van der Waals surface area contributed by atoms with Gasteiger partial charge in [0.15, 0.2) is 12.0 Å². The van der Waals surface area contributed by atoms with Crippen LogP contribution in [0.5, 0.6) is 0 Å². The van der Waals surface area contributed by atoms with E-state index >= 15 is 0 Å². The van der Waals surface area contributed by atoms with Crippen molar-refractivity contribution in [1.82, 2.24) is 4.48 Å². The summed E-state index contributed by atoms with van der Waals surface area (Å²) in [5.41, 5.74) is 4.28. The summed E-state index contributed by atoms with van der Waals surface area (Å²) in [5.74, 6) is 0.597. The normalized spacial score (nSPS) is 26.4. The van der Waals surface area contributed by atoms with Crippen molar-refractivity contribution >= 4 is 18.1 Å². The van der Waals surface area contributed by atoms with E-state index in [-0.39, 0.29) is 0 Å². The largest absolute Gasteiger partial charge is 0.221 e. The summed E-state index contributed by atoms with van der Waals surface area (Å²) in [6, 6.07) is 6.76. The standard InChI is InChI=1S/C18H23N2/c1-3-6-15-9-10-17-16(15)7-5-8-18(17)20(12-4-2)13-11-19-14-20/h5,7-11,13-15H,3-4,6,12H2,1-2H3/q+1. The average molecular weight is 267 g/mol. The highest BCUT2D eigenvalue weighted by atomic mass is 15.4. The van der Waals surface area contributed by atoms with Gasteiger partial charge in [-0.05, 0) is 18.4 Å². The second-order valence-electron chi connectivity index (χ2n) is 5.75. The summed E-state index contributed by atoms with van der Waals surface area (Å²) in [6.07, 6.45) is 14.5. The molecule has 3 rings (SSSR count). The Morgan fingerprint density at radius 3 is 2.80 bits per heavy atom. The van der Waals surface area contributed by atoms with Gasteiger partial charge < -0.3 is 0 Å². The minimum atomic E-state index is 0.597. The van der Waals surface area contributed by atoms with E-state index in [0.717, 1.165) is 17.4 Å². The van der Waals surface area contributed by atoms with Gasteiger partial charge in [-0.15, -0.1) is 0 Å². The van der Waals surface area contributed by atoms with Gasteiger partial charge in [-0.3, -0.25) is 0 Å². The molecule has 2 atom stereocenters. The van der Waals surface area contributed by atoms with Crippen molar-refractivity contribution in [3.63, 3.8) is 0 Å². The molecule has 0 fully saturated rings. The predicted octanol–water partition coefficient (Wildman–Crippen LogP) is 4.83. The molecule has 1 aliphatic heterocycles. The number of quaternary nitrogens is 1. The van der Waals surface area contributed by atoms with Gasteiger partial charge in [0.25, 0.3) is 0 Å². The van der Waals surface area contributed by atoms with Crippen molar-refractivity contribution < 1.29 is 0 Å². The lowest BCUT2D eigenvalue weighted by atomic mass is 9.95. The van der Waals surface area contributed by atoms with Crippen molar-refractivity contribution in [2.75, 3.05) is 6.54 Å². The van der Waals surface area contributed by atoms with E-state index < -0.39 is 0 Å². The van der Waals surface area contributed by atoms with E-state index in [9.17, 15) is 0 Å². The number of nitrogens with zero attached hydrogens (tertiary/aromatic N) is 2. The van der Waals surface area contributed by atoms with E-state index in [0.29, 0.717) is 5.92 Å². The lowest BCUT2D eigenvalue weighted by Gasteiger charge is -2.28. The maximum absolute atomic E-state index is 4.36. The smallest absolute Gasteiger partial charge is 0.199 e. The molecule has 0 N–H and O–H groups in total. The van der Waals surface area contributed by atoms with Gasteiger partial charge in [-0.2, -0.15) is 0 Å². The molecule has 0 spiro atoms. The summed E-state index contributed by atoms with van der Waals surface area (Å²) >= 11 is 0. The highest BCUT2D eigenvalue weighted by molar-refractivity contribution is 5.85. The SMILES string of the molecule is CCCC1C=Cc2c1cccc2[N+]1(CCC)C=CN=C1. The van der Waals surface area contributed by atoms with E-state index in [1.807, 2.05) is 6.20 Å². The molecule has 1 aliphatic carbocycles. The number of hydrogen-bond donors (Lipinski definition) is 0. The van der Waals surface area contributed by atoms with E-state index in [1.54, 1.807) is 0 Å². The predicted molar refractivity (Wildman–Crippen MR) is 87.7 cm³/mol. The first-order valence-electron chi connectivity index (χ1n) is 7.72. The van der Waals surface area contributed by atoms with Crippen LogP contribution in [0.25, 0.3) is 6.08 Å². The molecular weight excluding hydrogens is 244 g/mol. The lowest BCUT2D eigenvalue weighted by Crippen LogP contribution is -2.42. The molecular formula is C18H23N2+. The molecule has 0 radical (unpaired) electrons. The van der Waals surface area contributed by atoms with Gasteiger partial charge in [0.1, 0.15) is 6.20 Å². The van der Waals surface area contributed by atoms with Crippen LogP contribution in [0.3, 0.4) is 0 Å². The van der Waals surface area contributed by atoms with E-state index in [2.05, 4.69) is 61.7 Å². The minimum Gasteiger partial charge on any atom is -0.221 e. The van der Waals surface area contributed by atoms with Crippen LogP contribution in [0.1, 0.15) is 50.2 Å². The topological polar surface area (TPSA) is 12.4 Å². The molecule has 20 heavy (non-hydrogen) atoms. The van der Waals surface area contributed by atoms with Gasteiger partial charge in [0, 0.05) is 17.5 Å². The first kappa shape index (κ1) is 13.3. The molecule has 2 heteroatoms. The fraction of sp³-hybridized carbons (Fsp3) is 0.389. The third-order valence-corrected chi connectivity index (χ3v) is 4.34. The molecule has 0 bridgehead atoms. The molecule has 0 aromatic heterocycles. The lowest BCUT2D eigenvalue weighted by molar-refractivity contribution is 0.550. The number of rotatable bonds is 5. The Morgan fingerprint density at radius 2 is 2.10 bits per heavy atom. The Hall–Kier alpha value is -1.67. The third-order valence-electron chi connectivity index (χ3n) is 4.34. The van der Waals surface area contributed by atoms with Crippen molar-refractivity contribution in [3.8, 4) is 0 Å². The highest BCUT2D eigenvalue weighted by Gasteiger charge is 2.33. The summed E-state index contributed by atoms with van der Waals surface area (Å²) in [5, 5.41) is 0. The van der Waals surface area contributed by atoms with Crippen LogP contribution in [-0.2, 0) is 0 Å². The number of aliphatic imine (C=N–C) groups is 1. The maximum Gasteiger partial charge on any atom is 0.199 e. The monoisotopic (exact) mass is 267 g/mol. The Kier molecular flexibility index (Phi) is 3.58. The van der Waals surface area contributed by atoms with Gasteiger partial charge in [-0.1, -0.05) is 44.6 Å². The zero-order valence-corrected chi connectivity index (χ0v) is 12.4. The first-order valence-corrected chi connectivity index (χ1v) is 7.72. The van der Waals surface area contributed by atoms with Crippen LogP contribution in [0.15, 0.2) is 41.7 Å². The van der Waals surface area contributed by atoms with Crippen LogP contribution >= 0.6 is 0 Å². The summed E-state index contributed by atoms with van der Waals surface area (Å²) in [7, 11) is 0. The van der Waals surface area contributed by atoms with E-state index in [1.165, 1.54) is 29.7 Å². The molecule has 1 aromatic carbocycles. The van der Waals surface area contributed by atoms with Crippen molar-refractivity contribution in [2.45, 2.75) is 39.0 Å². The molecule has 0 amide bonds. The Bertz CT molecular complexity index is 569. The maximum atomic E-state index is 4.36. The molecule has 2 unspecified atom stereocenters. The van der Waals surface area contributed by atoms with E-state index in [4.69, 9.17) is 0 Å². The third kappa shape index (κ3) is 2.04. The molecule has 2 nitrogen and oxygen atoms in total. The fourth-order valence-corrected chi connectivity index (χ4v) is 3.44. The molecule has 2 aliphatic rings. The molecule has 104 valence electrons. The van der Waals surface area contributed by atoms with Crippen LogP contribution < -0.4 is 4.48 Å². The number of benzene rings is 1. The van der Waals surface area contributed by atoms with Gasteiger partial charge in [0.05, 0.1) is 12.7 Å². The van der Waals surface area contributed by atoms with Crippen LogP contribution in [0.4, 0.5) is 5.69 Å². The second kappa shape index (κ2) is 5.37. The van der Waals surface area contributed by atoms with Gasteiger partial charge in [0.2, 0.25) is 0 Å². The zero-order valence-electron chi connectivity index (χ0n) is 12.4. The second-order valence-corrected chi connectivity index (χ2v) is 5.75. The van der Waals surface area contributed by atoms with Crippen molar-refractivity contribution in [3.05, 3.63) is 47.8 Å². The van der Waals surface area contributed by atoms with Gasteiger partial charge >= 0.3 is 0 Å². The molecule has 1 aromatic rings. The highest BCUT2D eigenvalue weighted by Crippen LogP contribution is 2.41. The van der Waals surface area contributed by atoms with Crippen LogP contribution in [-0.4, -0.2) is 12.9 Å². The zero-order chi connectivity index (χ0) is 14.0. The Labute approximate surface area is 121 Å².